The van der Waals surface area contributed by atoms with Crippen LogP contribution in [-0.4, -0.2) is 82.8 Å². The lowest BCUT2D eigenvalue weighted by Crippen LogP contribution is -2.61. The number of rotatable bonds is 6. The maximum Gasteiger partial charge on any atom is 0.245 e. The predicted octanol–water partition coefficient (Wildman–Crippen LogP) is 4.73. The Labute approximate surface area is 255 Å². The third kappa shape index (κ3) is 7.09. The number of nitrogens with zero attached hydrogens (tertiary/aromatic N) is 3. The van der Waals surface area contributed by atoms with Gasteiger partial charge in [0.2, 0.25) is 17.7 Å². The monoisotopic (exact) mass is 608 g/mol. The third-order valence-corrected chi connectivity index (χ3v) is 9.80. The summed E-state index contributed by atoms with van der Waals surface area (Å²) in [5.41, 5.74) is 0.166. The summed E-state index contributed by atoms with van der Waals surface area (Å²) in [6.07, 6.45) is 7.01. The molecule has 1 N–H and O–H groups in total. The van der Waals surface area contributed by atoms with Gasteiger partial charge in [0.1, 0.15) is 17.7 Å². The minimum absolute atomic E-state index is 0. The molecule has 7 nitrogen and oxygen atoms in total. The van der Waals surface area contributed by atoms with Crippen LogP contribution in [0.2, 0.25) is 0 Å². The standard InChI is InChI=1S/C32H46F2N4O3.ClH/c1-20-17-36(31(41)28(21-8-6-5-7-9-21)35-29(39)22-10-11-22)14-15-38(20)30(40)26-19-37(32(2,3)4)18-25(26)24-13-12-23(33)16-27(24)34;/h12-13,16,20-22,25-26,28H,5-11,14-15,17-19H2,1-4H3,(H,35,39);1H/t20-,25-,26+,28-;/m0./s1. The second kappa shape index (κ2) is 13.2. The van der Waals surface area contributed by atoms with E-state index in [9.17, 15) is 23.2 Å². The van der Waals surface area contributed by atoms with E-state index in [0.717, 1.165) is 44.6 Å². The molecule has 1 aromatic carbocycles. The fourth-order valence-corrected chi connectivity index (χ4v) is 7.08. The first kappa shape index (κ1) is 32.6. The molecule has 2 saturated carbocycles. The van der Waals surface area contributed by atoms with E-state index in [1.54, 1.807) is 0 Å². The highest BCUT2D eigenvalue weighted by atomic mass is 35.5. The number of carbonyl (C=O) groups is 3. The Morgan fingerprint density at radius 1 is 0.952 bits per heavy atom. The molecular formula is C32H47ClF2N4O3. The Hall–Kier alpha value is -2.26. The zero-order valence-corrected chi connectivity index (χ0v) is 26.2. The number of halogens is 3. The minimum atomic E-state index is -0.630. The molecule has 2 aliphatic heterocycles. The second-order valence-corrected chi connectivity index (χ2v) is 13.8. The molecule has 3 amide bonds. The van der Waals surface area contributed by atoms with Gasteiger partial charge in [-0.2, -0.15) is 0 Å². The van der Waals surface area contributed by atoms with Gasteiger partial charge in [-0.3, -0.25) is 19.3 Å². The number of benzene rings is 1. The lowest BCUT2D eigenvalue weighted by molar-refractivity contribution is -0.147. The Morgan fingerprint density at radius 2 is 1.64 bits per heavy atom. The largest absolute Gasteiger partial charge is 0.344 e. The van der Waals surface area contributed by atoms with Crippen LogP contribution in [-0.2, 0) is 14.4 Å². The molecule has 0 unspecified atom stereocenters. The molecule has 0 bridgehead atoms. The van der Waals surface area contributed by atoms with Crippen molar-refractivity contribution in [1.82, 2.24) is 20.0 Å². The van der Waals surface area contributed by atoms with Gasteiger partial charge >= 0.3 is 0 Å². The van der Waals surface area contributed by atoms with Gasteiger partial charge in [-0.15, -0.1) is 12.4 Å². The zero-order valence-electron chi connectivity index (χ0n) is 25.4. The lowest BCUT2D eigenvalue weighted by Gasteiger charge is -2.43. The van der Waals surface area contributed by atoms with E-state index in [-0.39, 0.29) is 59.5 Å². The van der Waals surface area contributed by atoms with Gasteiger partial charge in [0.25, 0.3) is 0 Å². The molecule has 0 radical (unpaired) electrons. The molecule has 42 heavy (non-hydrogen) atoms. The molecule has 10 heteroatoms. The van der Waals surface area contributed by atoms with Crippen LogP contribution in [0.3, 0.4) is 0 Å². The topological polar surface area (TPSA) is 73.0 Å². The van der Waals surface area contributed by atoms with Gasteiger partial charge in [-0.05, 0) is 70.9 Å². The van der Waals surface area contributed by atoms with Crippen molar-refractivity contribution < 1.29 is 23.2 Å². The van der Waals surface area contributed by atoms with Gasteiger partial charge in [-0.25, -0.2) is 8.78 Å². The van der Waals surface area contributed by atoms with Crippen LogP contribution in [0.4, 0.5) is 8.78 Å². The molecule has 4 fully saturated rings. The summed E-state index contributed by atoms with van der Waals surface area (Å²) in [4.78, 5) is 46.5. The number of nitrogens with one attached hydrogen (secondary N) is 1. The van der Waals surface area contributed by atoms with Crippen LogP contribution < -0.4 is 5.32 Å². The van der Waals surface area contributed by atoms with Crippen molar-refractivity contribution in [2.24, 2.45) is 17.8 Å². The van der Waals surface area contributed by atoms with Crippen LogP contribution in [0.25, 0.3) is 0 Å². The average Bonchev–Trinajstić information content (AvgIpc) is 3.69. The highest BCUT2D eigenvalue weighted by molar-refractivity contribution is 5.90. The second-order valence-electron chi connectivity index (χ2n) is 13.8. The van der Waals surface area contributed by atoms with Crippen molar-refractivity contribution in [2.75, 3.05) is 32.7 Å². The predicted molar refractivity (Wildman–Crippen MR) is 160 cm³/mol. The number of hydrogen-bond acceptors (Lipinski definition) is 4. The summed E-state index contributed by atoms with van der Waals surface area (Å²) >= 11 is 0. The Balaban J connectivity index is 0.00000405. The van der Waals surface area contributed by atoms with E-state index in [1.807, 2.05) is 16.7 Å². The number of piperazine rings is 1. The SMILES string of the molecule is C[C@H]1CN(C(=O)[C@@H](NC(=O)C2CC2)C2CCCCC2)CCN1C(=O)[C@@H]1CN(C(C)(C)C)C[C@H]1c1ccc(F)cc1F.Cl. The quantitative estimate of drug-likeness (QED) is 0.507. The van der Waals surface area contributed by atoms with Gasteiger partial charge in [-0.1, -0.05) is 25.3 Å². The van der Waals surface area contributed by atoms with E-state index < -0.39 is 23.6 Å². The van der Waals surface area contributed by atoms with Gasteiger partial charge in [0, 0.05) is 62.2 Å². The van der Waals surface area contributed by atoms with Crippen molar-refractivity contribution in [3.05, 3.63) is 35.4 Å². The number of hydrogen-bond donors (Lipinski definition) is 1. The van der Waals surface area contributed by atoms with Crippen molar-refractivity contribution in [1.29, 1.82) is 0 Å². The summed E-state index contributed by atoms with van der Waals surface area (Å²) in [6.45, 7) is 10.4. The maximum atomic E-state index is 14.9. The summed E-state index contributed by atoms with van der Waals surface area (Å²) in [5, 5.41) is 3.11. The van der Waals surface area contributed by atoms with E-state index in [2.05, 4.69) is 31.0 Å². The van der Waals surface area contributed by atoms with Crippen molar-refractivity contribution in [3.63, 3.8) is 0 Å². The van der Waals surface area contributed by atoms with Crippen LogP contribution in [0.1, 0.15) is 84.1 Å². The van der Waals surface area contributed by atoms with Crippen molar-refractivity contribution in [3.8, 4) is 0 Å². The van der Waals surface area contributed by atoms with E-state index in [4.69, 9.17) is 0 Å². The molecule has 4 atom stereocenters. The van der Waals surface area contributed by atoms with Crippen LogP contribution in [0.15, 0.2) is 18.2 Å². The molecule has 0 spiro atoms. The highest BCUT2D eigenvalue weighted by Gasteiger charge is 2.46. The van der Waals surface area contributed by atoms with Crippen molar-refractivity contribution >= 4 is 30.1 Å². The summed E-state index contributed by atoms with van der Waals surface area (Å²) in [6, 6.07) is 2.92. The molecular weight excluding hydrogens is 562 g/mol. The Bertz CT molecular complexity index is 1150. The maximum absolute atomic E-state index is 14.9. The van der Waals surface area contributed by atoms with Gasteiger partial charge < -0.3 is 15.1 Å². The van der Waals surface area contributed by atoms with Crippen molar-refractivity contribution in [2.45, 2.75) is 96.2 Å². The highest BCUT2D eigenvalue weighted by Crippen LogP contribution is 2.39. The molecule has 2 heterocycles. The molecule has 2 saturated heterocycles. The first-order valence-corrected chi connectivity index (χ1v) is 15.5. The first-order chi connectivity index (χ1) is 19.4. The zero-order chi connectivity index (χ0) is 29.5. The summed E-state index contributed by atoms with van der Waals surface area (Å²) < 4.78 is 28.6. The molecule has 4 aliphatic rings. The van der Waals surface area contributed by atoms with Crippen LogP contribution >= 0.6 is 12.4 Å². The third-order valence-electron chi connectivity index (χ3n) is 9.80. The number of carbonyl (C=O) groups excluding carboxylic acids is 3. The van der Waals surface area contributed by atoms with Gasteiger partial charge in [0.05, 0.1) is 5.92 Å². The average molecular weight is 609 g/mol. The lowest BCUT2D eigenvalue weighted by atomic mass is 9.83. The van der Waals surface area contributed by atoms with E-state index in [1.165, 1.54) is 18.6 Å². The first-order valence-electron chi connectivity index (χ1n) is 15.5. The minimum Gasteiger partial charge on any atom is -0.344 e. The van der Waals surface area contributed by atoms with E-state index >= 15 is 0 Å². The Morgan fingerprint density at radius 3 is 2.24 bits per heavy atom. The fraction of sp³-hybridized carbons (Fsp3) is 0.719. The molecule has 0 aromatic heterocycles. The molecule has 5 rings (SSSR count). The summed E-state index contributed by atoms with van der Waals surface area (Å²) in [5.74, 6) is -1.98. The van der Waals surface area contributed by atoms with Crippen LogP contribution in [0, 0.1) is 29.4 Å². The normalized spacial score (nSPS) is 26.5. The molecule has 234 valence electrons. The smallest absolute Gasteiger partial charge is 0.245 e. The molecule has 1 aromatic rings. The number of likely N-dealkylation sites (tertiary alicyclic amines) is 1. The summed E-state index contributed by atoms with van der Waals surface area (Å²) in [7, 11) is 0. The number of amides is 3. The fourth-order valence-electron chi connectivity index (χ4n) is 7.08. The van der Waals surface area contributed by atoms with Gasteiger partial charge in [0.15, 0.2) is 0 Å². The molecule has 2 aliphatic carbocycles. The Kier molecular flexibility index (Phi) is 10.2. The van der Waals surface area contributed by atoms with Crippen LogP contribution in [0.5, 0.6) is 0 Å². The van der Waals surface area contributed by atoms with E-state index in [0.29, 0.717) is 38.3 Å².